The van der Waals surface area contributed by atoms with Crippen molar-refractivity contribution >= 4 is 46.5 Å². The Morgan fingerprint density at radius 1 is 1.08 bits per heavy atom. The van der Waals surface area contributed by atoms with Crippen LogP contribution in [0.5, 0.6) is 0 Å². The predicted molar refractivity (Wildman–Crippen MR) is 204 cm³/mol. The summed E-state index contributed by atoms with van der Waals surface area (Å²) in [5.41, 5.74) is 3.24. The molecule has 1 fully saturated rings. The summed E-state index contributed by atoms with van der Waals surface area (Å²) in [6.07, 6.45) is 2.61. The molecule has 3 amide bonds. The van der Waals surface area contributed by atoms with Gasteiger partial charge in [0.15, 0.2) is 0 Å². The maximum absolute atomic E-state index is 13.6. The van der Waals surface area contributed by atoms with Crippen LogP contribution in [0.2, 0.25) is 5.02 Å². The zero-order chi connectivity index (χ0) is 37.7. The number of carboxylic acid groups (broad SMARTS) is 1. The van der Waals surface area contributed by atoms with Gasteiger partial charge in [-0.1, -0.05) is 88.7 Å². The second-order valence-corrected chi connectivity index (χ2v) is 15.4. The molecule has 5 rings (SSSR count). The summed E-state index contributed by atoms with van der Waals surface area (Å²) < 4.78 is 1.90. The minimum Gasteiger partial charge on any atom is -0.465 e. The third-order valence-corrected chi connectivity index (χ3v) is 10.1. The average molecular weight is 723 g/mol. The number of hydrogen-bond acceptors (Lipinski definition) is 5. The summed E-state index contributed by atoms with van der Waals surface area (Å²) in [7, 11) is 0. The van der Waals surface area contributed by atoms with Gasteiger partial charge in [0.1, 0.15) is 11.6 Å². The molecule has 0 spiro atoms. The predicted octanol–water partition coefficient (Wildman–Crippen LogP) is 8.74. The minimum absolute atomic E-state index is 0.0373. The molecule has 1 saturated heterocycles. The standard InChI is InChI=1S/C41H47ClN6O4/c1-26(2)21-31(24-43)38(50)46-20-10-13-33(46)25-47-35-19-16-30(23-34(35)44-39(47)45-37(49)29-14-17-32(42)18-15-29)36(22-28-11-8-7-9-12-28)48(40(51)52)27(3)41(4,5)6/h7-9,11-12,14-19,21,23,26-27,33,36H,10,13,20,22,25H2,1-6H3,(H,51,52)(H,44,45,49). The summed E-state index contributed by atoms with van der Waals surface area (Å²) in [4.78, 5) is 48.3. The Morgan fingerprint density at radius 3 is 2.38 bits per heavy atom. The van der Waals surface area contributed by atoms with Crippen molar-refractivity contribution in [1.82, 2.24) is 19.4 Å². The summed E-state index contributed by atoms with van der Waals surface area (Å²) >= 11 is 6.08. The highest BCUT2D eigenvalue weighted by Crippen LogP contribution is 2.36. The number of hydrogen-bond donors (Lipinski definition) is 2. The highest BCUT2D eigenvalue weighted by atomic mass is 35.5. The van der Waals surface area contributed by atoms with E-state index in [-0.39, 0.29) is 40.8 Å². The molecular weight excluding hydrogens is 676 g/mol. The van der Waals surface area contributed by atoms with Crippen LogP contribution in [0.1, 0.15) is 81.9 Å². The molecule has 3 aromatic carbocycles. The van der Waals surface area contributed by atoms with Gasteiger partial charge in [-0.25, -0.2) is 9.78 Å². The molecule has 1 aliphatic rings. The number of nitriles is 1. The lowest BCUT2D eigenvalue weighted by Crippen LogP contribution is -2.47. The molecule has 4 aromatic rings. The number of rotatable bonds is 11. The SMILES string of the molecule is CC(C)C=C(C#N)C(=O)N1CCCC1Cn1c(NC(=O)c2ccc(Cl)cc2)nc2cc(C(Cc3ccccc3)N(C(=O)O)C(C)C(C)(C)C)ccc21. The lowest BCUT2D eigenvalue weighted by atomic mass is 9.84. The normalized spacial score (nSPS) is 16.1. The molecule has 0 bridgehead atoms. The summed E-state index contributed by atoms with van der Waals surface area (Å²) in [5.74, 6) is -0.349. The topological polar surface area (TPSA) is 132 Å². The molecule has 11 heteroatoms. The lowest BCUT2D eigenvalue weighted by molar-refractivity contribution is -0.127. The van der Waals surface area contributed by atoms with Gasteiger partial charge in [0.2, 0.25) is 5.95 Å². The van der Waals surface area contributed by atoms with Crippen LogP contribution in [-0.2, 0) is 17.8 Å². The van der Waals surface area contributed by atoms with Crippen LogP contribution >= 0.6 is 11.6 Å². The van der Waals surface area contributed by atoms with Crippen LogP contribution in [0.4, 0.5) is 10.7 Å². The molecule has 2 heterocycles. The first kappa shape index (κ1) is 38.1. The van der Waals surface area contributed by atoms with Crippen molar-refractivity contribution in [3.8, 4) is 6.07 Å². The third kappa shape index (κ3) is 8.65. The Kier molecular flexibility index (Phi) is 11.8. The van der Waals surface area contributed by atoms with E-state index < -0.39 is 12.1 Å². The van der Waals surface area contributed by atoms with Crippen LogP contribution in [0.25, 0.3) is 11.0 Å². The summed E-state index contributed by atoms with van der Waals surface area (Å²) in [6, 6.07) is 23.1. The van der Waals surface area contributed by atoms with Crippen LogP contribution in [0.15, 0.2) is 84.4 Å². The maximum Gasteiger partial charge on any atom is 0.408 e. The second-order valence-electron chi connectivity index (χ2n) is 14.9. The average Bonchev–Trinajstić information content (AvgIpc) is 3.70. The van der Waals surface area contributed by atoms with Crippen molar-refractivity contribution in [3.05, 3.63) is 106 Å². The number of nitrogens with zero attached hydrogens (tertiary/aromatic N) is 5. The van der Waals surface area contributed by atoms with Crippen molar-refractivity contribution in [2.45, 2.75) is 85.5 Å². The van der Waals surface area contributed by atoms with E-state index in [0.717, 1.165) is 23.1 Å². The van der Waals surface area contributed by atoms with Crippen molar-refractivity contribution in [3.63, 3.8) is 0 Å². The van der Waals surface area contributed by atoms with E-state index in [2.05, 4.69) is 11.4 Å². The van der Waals surface area contributed by atoms with Crippen molar-refractivity contribution in [1.29, 1.82) is 5.26 Å². The van der Waals surface area contributed by atoms with Crippen LogP contribution in [-0.4, -0.2) is 61.0 Å². The first-order valence-corrected chi connectivity index (χ1v) is 18.1. The number of aromatic nitrogens is 2. The Balaban J connectivity index is 1.60. The number of allylic oxidation sites excluding steroid dienone is 1. The Bertz CT molecular complexity index is 1990. The molecule has 1 aromatic heterocycles. The van der Waals surface area contributed by atoms with Crippen LogP contribution < -0.4 is 5.32 Å². The molecule has 272 valence electrons. The van der Waals surface area contributed by atoms with Gasteiger partial charge >= 0.3 is 6.09 Å². The number of halogens is 1. The van der Waals surface area contributed by atoms with Gasteiger partial charge in [0.25, 0.3) is 11.8 Å². The molecule has 0 aliphatic carbocycles. The van der Waals surface area contributed by atoms with E-state index in [1.54, 1.807) is 35.2 Å². The number of nitrogens with one attached hydrogen (secondary N) is 1. The van der Waals surface area contributed by atoms with E-state index >= 15 is 0 Å². The Morgan fingerprint density at radius 2 is 1.77 bits per heavy atom. The fourth-order valence-electron chi connectivity index (χ4n) is 6.76. The number of anilines is 1. The molecule has 0 radical (unpaired) electrons. The zero-order valence-electron chi connectivity index (χ0n) is 30.6. The van der Waals surface area contributed by atoms with Gasteiger partial charge in [0.05, 0.1) is 23.1 Å². The van der Waals surface area contributed by atoms with Gasteiger partial charge in [-0.05, 0) is 85.0 Å². The minimum atomic E-state index is -1.01. The van der Waals surface area contributed by atoms with Crippen molar-refractivity contribution in [2.75, 3.05) is 11.9 Å². The van der Waals surface area contributed by atoms with Gasteiger partial charge in [-0.15, -0.1) is 0 Å². The van der Waals surface area contributed by atoms with Gasteiger partial charge in [0, 0.05) is 29.7 Å². The number of likely N-dealkylation sites (tertiary alicyclic amines) is 1. The highest BCUT2D eigenvalue weighted by Gasteiger charge is 2.37. The molecule has 1 aliphatic heterocycles. The summed E-state index contributed by atoms with van der Waals surface area (Å²) in [6.45, 7) is 12.7. The molecule has 3 atom stereocenters. The van der Waals surface area contributed by atoms with Crippen molar-refractivity contribution < 1.29 is 19.5 Å². The zero-order valence-corrected chi connectivity index (χ0v) is 31.4. The molecule has 52 heavy (non-hydrogen) atoms. The largest absolute Gasteiger partial charge is 0.465 e. The van der Waals surface area contributed by atoms with E-state index in [0.29, 0.717) is 48.0 Å². The molecule has 0 saturated carbocycles. The number of benzene rings is 3. The number of imidazole rings is 1. The maximum atomic E-state index is 13.6. The monoisotopic (exact) mass is 722 g/mol. The summed E-state index contributed by atoms with van der Waals surface area (Å²) in [5, 5.41) is 23.9. The van der Waals surface area contributed by atoms with E-state index in [1.807, 2.05) is 94.6 Å². The first-order valence-electron chi connectivity index (χ1n) is 17.7. The highest BCUT2D eigenvalue weighted by molar-refractivity contribution is 6.30. The van der Waals surface area contributed by atoms with Crippen LogP contribution in [0.3, 0.4) is 0 Å². The number of carbonyl (C=O) groups excluding carboxylic acids is 2. The number of fused-ring (bicyclic) bond motifs is 1. The van der Waals surface area contributed by atoms with Gasteiger partial charge in [-0.2, -0.15) is 5.26 Å². The molecule has 3 unspecified atom stereocenters. The van der Waals surface area contributed by atoms with E-state index in [9.17, 15) is 24.8 Å². The smallest absolute Gasteiger partial charge is 0.408 e. The molecule has 2 N–H and O–H groups in total. The van der Waals surface area contributed by atoms with Gasteiger partial charge in [-0.3, -0.25) is 19.8 Å². The lowest BCUT2D eigenvalue weighted by Gasteiger charge is -2.41. The van der Waals surface area contributed by atoms with Crippen molar-refractivity contribution in [2.24, 2.45) is 11.3 Å². The number of amides is 3. The Hall–Kier alpha value is -5.14. The van der Waals surface area contributed by atoms with Gasteiger partial charge < -0.3 is 14.6 Å². The quantitative estimate of drug-likeness (QED) is 0.118. The fraction of sp³-hybridized carbons (Fsp3) is 0.390. The third-order valence-electron chi connectivity index (χ3n) is 9.87. The Labute approximate surface area is 310 Å². The molecular formula is C41H47ClN6O4. The number of carbonyl (C=O) groups is 3. The van der Waals surface area contributed by atoms with E-state index in [4.69, 9.17) is 16.6 Å². The molecule has 10 nitrogen and oxygen atoms in total. The second kappa shape index (κ2) is 16.0. The van der Waals surface area contributed by atoms with Crippen LogP contribution in [0, 0.1) is 22.7 Å². The van der Waals surface area contributed by atoms with E-state index in [1.165, 1.54) is 4.90 Å². The fourth-order valence-corrected chi connectivity index (χ4v) is 6.88. The first-order chi connectivity index (χ1) is 24.7.